The van der Waals surface area contributed by atoms with E-state index in [1.165, 1.54) is 11.3 Å². The first-order valence-corrected chi connectivity index (χ1v) is 6.50. The number of hydrogen-bond donors (Lipinski definition) is 1. The first kappa shape index (κ1) is 12.8. The van der Waals surface area contributed by atoms with Gasteiger partial charge in [-0.1, -0.05) is 37.3 Å². The zero-order valence-corrected chi connectivity index (χ0v) is 11.1. The molecule has 3 nitrogen and oxygen atoms in total. The predicted molar refractivity (Wildman–Crippen MR) is 74.6 cm³/mol. The Morgan fingerprint density at radius 3 is 2.67 bits per heavy atom. The maximum absolute atomic E-state index is 4.17. The van der Waals surface area contributed by atoms with E-state index in [2.05, 4.69) is 53.7 Å². The summed E-state index contributed by atoms with van der Waals surface area (Å²) in [6.45, 7) is 4.27. The van der Waals surface area contributed by atoms with Crippen LogP contribution in [0.5, 0.6) is 0 Å². The molecule has 3 heteroatoms. The third kappa shape index (κ3) is 3.44. The van der Waals surface area contributed by atoms with Gasteiger partial charge in [-0.2, -0.15) is 5.10 Å². The van der Waals surface area contributed by atoms with Crippen LogP contribution >= 0.6 is 0 Å². The maximum Gasteiger partial charge on any atom is 0.0492 e. The van der Waals surface area contributed by atoms with Gasteiger partial charge in [0.15, 0.2) is 0 Å². The smallest absolute Gasteiger partial charge is 0.0492 e. The van der Waals surface area contributed by atoms with Crippen molar-refractivity contribution in [1.29, 1.82) is 0 Å². The second-order valence-corrected chi connectivity index (χ2v) is 4.71. The fraction of sp³-hybridized carbons (Fsp3) is 0.400. The molecule has 0 aliphatic rings. The number of rotatable bonds is 6. The minimum atomic E-state index is 0.553. The fourth-order valence-electron chi connectivity index (χ4n) is 2.08. The van der Waals surface area contributed by atoms with Crippen molar-refractivity contribution < 1.29 is 0 Å². The Morgan fingerprint density at radius 1 is 1.22 bits per heavy atom. The fourth-order valence-corrected chi connectivity index (χ4v) is 2.08. The van der Waals surface area contributed by atoms with Gasteiger partial charge in [0, 0.05) is 38.4 Å². The van der Waals surface area contributed by atoms with Crippen LogP contribution in [0.3, 0.4) is 0 Å². The average Bonchev–Trinajstić information content (AvgIpc) is 2.81. The van der Waals surface area contributed by atoms with Crippen LogP contribution in [0.4, 0.5) is 0 Å². The molecule has 0 amide bonds. The third-order valence-corrected chi connectivity index (χ3v) is 3.30. The van der Waals surface area contributed by atoms with E-state index in [4.69, 9.17) is 0 Å². The molecule has 0 spiro atoms. The lowest BCUT2D eigenvalue weighted by Crippen LogP contribution is -2.23. The Bertz CT molecular complexity index is 462. The molecule has 96 valence electrons. The van der Waals surface area contributed by atoms with Gasteiger partial charge in [-0.05, 0) is 17.5 Å². The zero-order chi connectivity index (χ0) is 12.8. The first-order valence-electron chi connectivity index (χ1n) is 6.50. The highest BCUT2D eigenvalue weighted by Gasteiger charge is 2.04. The Balaban J connectivity index is 1.71. The van der Waals surface area contributed by atoms with Crippen LogP contribution in [0.25, 0.3) is 0 Å². The van der Waals surface area contributed by atoms with Crippen LogP contribution in [-0.2, 0) is 13.5 Å². The van der Waals surface area contributed by atoms with Gasteiger partial charge in [0.1, 0.15) is 0 Å². The van der Waals surface area contributed by atoms with E-state index >= 15 is 0 Å². The second kappa shape index (κ2) is 6.36. The number of hydrogen-bond acceptors (Lipinski definition) is 2. The average molecular weight is 243 g/mol. The quantitative estimate of drug-likeness (QED) is 0.789. The number of benzene rings is 1. The minimum absolute atomic E-state index is 0.553. The minimum Gasteiger partial charge on any atom is -0.316 e. The highest BCUT2D eigenvalue weighted by molar-refractivity contribution is 5.18. The summed E-state index contributed by atoms with van der Waals surface area (Å²) in [5.74, 6) is 0.553. The van der Waals surface area contributed by atoms with Gasteiger partial charge in [-0.25, -0.2) is 0 Å². The molecule has 0 unspecified atom stereocenters. The van der Waals surface area contributed by atoms with E-state index in [0.717, 1.165) is 19.5 Å². The number of aromatic nitrogens is 2. The van der Waals surface area contributed by atoms with Crippen molar-refractivity contribution in [1.82, 2.24) is 15.1 Å². The topological polar surface area (TPSA) is 29.9 Å². The van der Waals surface area contributed by atoms with E-state index in [1.807, 2.05) is 17.9 Å². The highest BCUT2D eigenvalue weighted by atomic mass is 15.3. The summed E-state index contributed by atoms with van der Waals surface area (Å²) in [7, 11) is 1.99. The number of aryl methyl sites for hydroxylation is 1. The van der Waals surface area contributed by atoms with E-state index in [1.54, 1.807) is 0 Å². The lowest BCUT2D eigenvalue weighted by molar-refractivity contribution is 0.599. The molecule has 0 saturated carbocycles. The van der Waals surface area contributed by atoms with Crippen LogP contribution in [0, 0.1) is 0 Å². The molecular weight excluding hydrogens is 222 g/mol. The molecule has 1 aromatic heterocycles. The molecule has 2 rings (SSSR count). The van der Waals surface area contributed by atoms with Crippen molar-refractivity contribution in [3.63, 3.8) is 0 Å². The van der Waals surface area contributed by atoms with Gasteiger partial charge in [0.05, 0.1) is 0 Å². The normalized spacial score (nSPS) is 12.6. The molecule has 0 fully saturated rings. The summed E-state index contributed by atoms with van der Waals surface area (Å²) in [4.78, 5) is 0. The van der Waals surface area contributed by atoms with Crippen molar-refractivity contribution in [3.8, 4) is 0 Å². The third-order valence-electron chi connectivity index (χ3n) is 3.30. The van der Waals surface area contributed by atoms with Gasteiger partial charge < -0.3 is 5.32 Å². The van der Waals surface area contributed by atoms with Crippen molar-refractivity contribution in [2.75, 3.05) is 13.1 Å². The van der Waals surface area contributed by atoms with Gasteiger partial charge in [0.2, 0.25) is 0 Å². The van der Waals surface area contributed by atoms with Crippen LogP contribution in [-0.4, -0.2) is 22.9 Å². The lowest BCUT2D eigenvalue weighted by Gasteiger charge is -2.13. The Kier molecular flexibility index (Phi) is 4.53. The van der Waals surface area contributed by atoms with Crippen molar-refractivity contribution >= 4 is 0 Å². The van der Waals surface area contributed by atoms with E-state index in [-0.39, 0.29) is 0 Å². The van der Waals surface area contributed by atoms with E-state index < -0.39 is 0 Å². The standard InChI is InChI=1S/C15H21N3/c1-13(14-6-4-3-5-7-14)12-16-10-8-15-9-11-17-18(15)2/h3-7,9,11,13,16H,8,10,12H2,1-2H3/t13-/m1/s1. The largest absolute Gasteiger partial charge is 0.316 e. The molecule has 1 N–H and O–H groups in total. The Labute approximate surface area is 109 Å². The summed E-state index contributed by atoms with van der Waals surface area (Å²) in [5.41, 5.74) is 2.67. The molecule has 18 heavy (non-hydrogen) atoms. The Hall–Kier alpha value is -1.61. The molecule has 0 saturated heterocycles. The molecule has 1 atom stereocenters. The van der Waals surface area contributed by atoms with Gasteiger partial charge in [0.25, 0.3) is 0 Å². The summed E-state index contributed by atoms with van der Waals surface area (Å²) in [5, 5.41) is 7.67. The summed E-state index contributed by atoms with van der Waals surface area (Å²) in [6, 6.07) is 12.7. The van der Waals surface area contributed by atoms with Crippen LogP contribution in [0.15, 0.2) is 42.6 Å². The number of nitrogens with one attached hydrogen (secondary N) is 1. The molecule has 0 aliphatic carbocycles. The van der Waals surface area contributed by atoms with Gasteiger partial charge in [-0.3, -0.25) is 4.68 Å². The number of nitrogens with zero attached hydrogens (tertiary/aromatic N) is 2. The molecule has 0 bridgehead atoms. The second-order valence-electron chi connectivity index (χ2n) is 4.71. The Morgan fingerprint density at radius 2 is 2.00 bits per heavy atom. The molecular formula is C15H21N3. The van der Waals surface area contributed by atoms with Crippen molar-refractivity contribution in [3.05, 3.63) is 53.9 Å². The predicted octanol–water partition coefficient (Wildman–Crippen LogP) is 2.36. The van der Waals surface area contributed by atoms with Gasteiger partial charge in [-0.15, -0.1) is 0 Å². The molecule has 0 aliphatic heterocycles. The van der Waals surface area contributed by atoms with Crippen LogP contribution < -0.4 is 5.32 Å². The highest BCUT2D eigenvalue weighted by Crippen LogP contribution is 2.12. The van der Waals surface area contributed by atoms with Crippen LogP contribution in [0.1, 0.15) is 24.1 Å². The summed E-state index contributed by atoms with van der Waals surface area (Å²) in [6.07, 6.45) is 2.87. The molecule has 0 radical (unpaired) electrons. The zero-order valence-electron chi connectivity index (χ0n) is 11.1. The maximum atomic E-state index is 4.17. The first-order chi connectivity index (χ1) is 8.77. The van der Waals surface area contributed by atoms with Crippen LogP contribution in [0.2, 0.25) is 0 Å². The molecule has 1 aromatic carbocycles. The lowest BCUT2D eigenvalue weighted by atomic mass is 10.0. The van der Waals surface area contributed by atoms with E-state index in [9.17, 15) is 0 Å². The SMILES string of the molecule is C[C@H](CNCCc1ccnn1C)c1ccccc1. The van der Waals surface area contributed by atoms with E-state index in [0.29, 0.717) is 5.92 Å². The molecule has 1 heterocycles. The summed E-state index contributed by atoms with van der Waals surface area (Å²) >= 11 is 0. The summed E-state index contributed by atoms with van der Waals surface area (Å²) < 4.78 is 1.93. The molecule has 2 aromatic rings. The van der Waals surface area contributed by atoms with Gasteiger partial charge >= 0.3 is 0 Å². The monoisotopic (exact) mass is 243 g/mol. The van der Waals surface area contributed by atoms with Crippen molar-refractivity contribution in [2.24, 2.45) is 7.05 Å². The van der Waals surface area contributed by atoms with Crippen molar-refractivity contribution in [2.45, 2.75) is 19.3 Å².